The van der Waals surface area contributed by atoms with Crippen LogP contribution in [0.5, 0.6) is 0 Å². The van der Waals surface area contributed by atoms with Gasteiger partial charge in [0.2, 0.25) is 11.8 Å². The number of aliphatic carboxylic acids is 1. The molecule has 2 N–H and O–H groups in total. The zero-order chi connectivity index (χ0) is 17.5. The van der Waals surface area contributed by atoms with Gasteiger partial charge in [-0.1, -0.05) is 6.07 Å². The second-order valence-electron chi connectivity index (χ2n) is 6.83. The second-order valence-corrected chi connectivity index (χ2v) is 6.83. The molecule has 1 heterocycles. The maximum absolute atomic E-state index is 12.6. The Balaban J connectivity index is 1.72. The first-order chi connectivity index (χ1) is 11.3. The molecule has 0 bridgehead atoms. The first-order valence-electron chi connectivity index (χ1n) is 8.28. The Hall–Kier alpha value is -2.37. The van der Waals surface area contributed by atoms with Crippen LogP contribution in [0.3, 0.4) is 0 Å². The summed E-state index contributed by atoms with van der Waals surface area (Å²) in [5, 5.41) is 11.9. The molecule has 1 aliphatic heterocycles. The standard InChI is InChI=1S/C18H22N2O4/c1-11-4-5-13(10-12(11)2)20-9-6-14(16(20)22)15(21)19-18(17(23)24)7-3-8-18/h4-5,10,14H,3,6-9H2,1-2H3,(H,19,21)(H,23,24)/t14-/m1/s1. The van der Waals surface area contributed by atoms with Crippen molar-refractivity contribution >= 4 is 23.5 Å². The lowest BCUT2D eigenvalue weighted by Crippen LogP contribution is -2.60. The number of anilines is 1. The van der Waals surface area contributed by atoms with E-state index < -0.39 is 23.3 Å². The van der Waals surface area contributed by atoms with Crippen LogP contribution in [-0.2, 0) is 14.4 Å². The molecule has 3 rings (SSSR count). The van der Waals surface area contributed by atoms with Gasteiger partial charge in [0.25, 0.3) is 0 Å². The largest absolute Gasteiger partial charge is 0.480 e. The molecule has 6 heteroatoms. The highest BCUT2D eigenvalue weighted by atomic mass is 16.4. The van der Waals surface area contributed by atoms with Crippen molar-refractivity contribution in [2.75, 3.05) is 11.4 Å². The van der Waals surface area contributed by atoms with Crippen LogP contribution in [-0.4, -0.2) is 35.0 Å². The van der Waals surface area contributed by atoms with Crippen LogP contribution in [0, 0.1) is 19.8 Å². The summed E-state index contributed by atoms with van der Waals surface area (Å²) >= 11 is 0. The van der Waals surface area contributed by atoms with Gasteiger partial charge in [0, 0.05) is 12.2 Å². The normalized spacial score (nSPS) is 22.2. The molecule has 128 valence electrons. The van der Waals surface area contributed by atoms with E-state index in [0.29, 0.717) is 25.8 Å². The van der Waals surface area contributed by atoms with Crippen LogP contribution < -0.4 is 10.2 Å². The fourth-order valence-corrected chi connectivity index (χ4v) is 3.32. The molecule has 2 aliphatic rings. The molecule has 24 heavy (non-hydrogen) atoms. The summed E-state index contributed by atoms with van der Waals surface area (Å²) in [6, 6.07) is 5.78. The molecule has 1 atom stereocenters. The SMILES string of the molecule is Cc1ccc(N2CC[C@H](C(=O)NC3(C(=O)O)CCC3)C2=O)cc1C. The van der Waals surface area contributed by atoms with E-state index in [1.165, 1.54) is 0 Å². The highest BCUT2D eigenvalue weighted by Crippen LogP contribution is 2.33. The van der Waals surface area contributed by atoms with Crippen molar-refractivity contribution in [1.82, 2.24) is 5.32 Å². The predicted octanol–water partition coefficient (Wildman–Crippen LogP) is 1.78. The number of carbonyl (C=O) groups excluding carboxylic acids is 2. The summed E-state index contributed by atoms with van der Waals surface area (Å²) in [5.41, 5.74) is 1.85. The van der Waals surface area contributed by atoms with Crippen LogP contribution in [0.25, 0.3) is 0 Å². The fourth-order valence-electron chi connectivity index (χ4n) is 3.32. The summed E-state index contributed by atoms with van der Waals surface area (Å²) in [6.45, 7) is 4.46. The molecule has 1 saturated heterocycles. The molecular weight excluding hydrogens is 308 g/mol. The van der Waals surface area contributed by atoms with Gasteiger partial charge in [0.1, 0.15) is 11.5 Å². The second kappa shape index (κ2) is 5.92. The van der Waals surface area contributed by atoms with E-state index in [-0.39, 0.29) is 5.91 Å². The summed E-state index contributed by atoms with van der Waals surface area (Å²) in [5.74, 6) is -2.54. The Morgan fingerprint density at radius 2 is 1.96 bits per heavy atom. The van der Waals surface area contributed by atoms with Crippen LogP contribution in [0.1, 0.15) is 36.8 Å². The van der Waals surface area contributed by atoms with Crippen molar-refractivity contribution in [3.63, 3.8) is 0 Å². The summed E-state index contributed by atoms with van der Waals surface area (Å²) in [4.78, 5) is 38.1. The lowest BCUT2D eigenvalue weighted by molar-refractivity contribution is -0.153. The minimum absolute atomic E-state index is 0.254. The minimum Gasteiger partial charge on any atom is -0.480 e. The first kappa shape index (κ1) is 16.5. The fraction of sp³-hybridized carbons (Fsp3) is 0.500. The van der Waals surface area contributed by atoms with E-state index >= 15 is 0 Å². The smallest absolute Gasteiger partial charge is 0.329 e. The Morgan fingerprint density at radius 1 is 1.25 bits per heavy atom. The first-order valence-corrected chi connectivity index (χ1v) is 8.28. The van der Waals surface area contributed by atoms with Gasteiger partial charge in [-0.15, -0.1) is 0 Å². The number of hydrogen-bond donors (Lipinski definition) is 2. The van der Waals surface area contributed by atoms with Gasteiger partial charge >= 0.3 is 5.97 Å². The number of carboxylic acid groups (broad SMARTS) is 1. The van der Waals surface area contributed by atoms with Gasteiger partial charge in [-0.2, -0.15) is 0 Å². The average Bonchev–Trinajstić information content (AvgIpc) is 2.87. The van der Waals surface area contributed by atoms with E-state index in [0.717, 1.165) is 23.2 Å². The van der Waals surface area contributed by atoms with Crippen LogP contribution in [0.4, 0.5) is 5.69 Å². The van der Waals surface area contributed by atoms with Gasteiger partial charge < -0.3 is 15.3 Å². The number of amides is 2. The van der Waals surface area contributed by atoms with Crippen molar-refractivity contribution in [3.8, 4) is 0 Å². The highest BCUT2D eigenvalue weighted by molar-refractivity contribution is 6.10. The van der Waals surface area contributed by atoms with E-state index in [4.69, 9.17) is 0 Å². The maximum atomic E-state index is 12.6. The number of carboxylic acids is 1. The third-order valence-electron chi connectivity index (χ3n) is 5.30. The van der Waals surface area contributed by atoms with Gasteiger partial charge in [0.05, 0.1) is 0 Å². The summed E-state index contributed by atoms with van der Waals surface area (Å²) in [7, 11) is 0. The number of nitrogens with one attached hydrogen (secondary N) is 1. The van der Waals surface area contributed by atoms with Crippen molar-refractivity contribution < 1.29 is 19.5 Å². The van der Waals surface area contributed by atoms with Gasteiger partial charge in [0.15, 0.2) is 0 Å². The summed E-state index contributed by atoms with van der Waals surface area (Å²) in [6.07, 6.45) is 2.04. The third kappa shape index (κ3) is 2.66. The van der Waals surface area contributed by atoms with Crippen molar-refractivity contribution in [3.05, 3.63) is 29.3 Å². The molecule has 1 aromatic rings. The number of aryl methyl sites for hydroxylation is 2. The van der Waals surface area contributed by atoms with Crippen LogP contribution >= 0.6 is 0 Å². The predicted molar refractivity (Wildman–Crippen MR) is 88.7 cm³/mol. The van der Waals surface area contributed by atoms with Crippen LogP contribution in [0.2, 0.25) is 0 Å². The zero-order valence-corrected chi connectivity index (χ0v) is 14.0. The quantitative estimate of drug-likeness (QED) is 0.824. The molecular formula is C18H22N2O4. The monoisotopic (exact) mass is 330 g/mol. The lowest BCUT2D eigenvalue weighted by atomic mass is 9.76. The number of nitrogens with zero attached hydrogens (tertiary/aromatic N) is 1. The molecule has 2 fully saturated rings. The Bertz CT molecular complexity index is 709. The molecule has 1 aliphatic carbocycles. The number of hydrogen-bond acceptors (Lipinski definition) is 3. The molecule has 0 unspecified atom stereocenters. The van der Waals surface area contributed by atoms with Crippen molar-refractivity contribution in [1.29, 1.82) is 0 Å². The van der Waals surface area contributed by atoms with Crippen LogP contribution in [0.15, 0.2) is 18.2 Å². The molecule has 0 aromatic heterocycles. The van der Waals surface area contributed by atoms with Crippen molar-refractivity contribution in [2.45, 2.75) is 45.1 Å². The Labute approximate surface area is 140 Å². The molecule has 1 saturated carbocycles. The number of carbonyl (C=O) groups is 3. The molecule has 2 amide bonds. The number of rotatable bonds is 4. The summed E-state index contributed by atoms with van der Waals surface area (Å²) < 4.78 is 0. The van der Waals surface area contributed by atoms with Gasteiger partial charge in [-0.05, 0) is 62.8 Å². The molecule has 0 spiro atoms. The lowest BCUT2D eigenvalue weighted by Gasteiger charge is -2.38. The van der Waals surface area contributed by atoms with Crippen molar-refractivity contribution in [2.24, 2.45) is 5.92 Å². The van der Waals surface area contributed by atoms with E-state index in [1.54, 1.807) is 4.90 Å². The Morgan fingerprint density at radius 3 is 2.50 bits per heavy atom. The zero-order valence-electron chi connectivity index (χ0n) is 14.0. The third-order valence-corrected chi connectivity index (χ3v) is 5.30. The molecule has 1 aromatic carbocycles. The van der Waals surface area contributed by atoms with E-state index in [9.17, 15) is 19.5 Å². The average molecular weight is 330 g/mol. The molecule has 6 nitrogen and oxygen atoms in total. The topological polar surface area (TPSA) is 86.7 Å². The van der Waals surface area contributed by atoms with E-state index in [2.05, 4.69) is 5.32 Å². The maximum Gasteiger partial charge on any atom is 0.329 e. The Kier molecular flexibility index (Phi) is 4.07. The van der Waals surface area contributed by atoms with E-state index in [1.807, 2.05) is 32.0 Å². The van der Waals surface area contributed by atoms with Gasteiger partial charge in [-0.3, -0.25) is 9.59 Å². The number of benzene rings is 1. The molecule has 0 radical (unpaired) electrons. The van der Waals surface area contributed by atoms with Gasteiger partial charge in [-0.25, -0.2) is 4.79 Å². The minimum atomic E-state index is -1.18. The highest BCUT2D eigenvalue weighted by Gasteiger charge is 2.48.